The van der Waals surface area contributed by atoms with Crippen LogP contribution in [0.2, 0.25) is 5.02 Å². The molecule has 0 spiro atoms. The Balaban J connectivity index is 1.52. The van der Waals surface area contributed by atoms with Crippen LogP contribution in [0.15, 0.2) is 47.4 Å². The van der Waals surface area contributed by atoms with E-state index < -0.39 is 0 Å². The minimum atomic E-state index is 0.203. The molecule has 1 aromatic carbocycles. The minimum absolute atomic E-state index is 0.203. The van der Waals surface area contributed by atoms with Crippen molar-refractivity contribution in [2.24, 2.45) is 0 Å². The van der Waals surface area contributed by atoms with Crippen LogP contribution in [0.5, 0.6) is 0 Å². The molecule has 122 valence electrons. The van der Waals surface area contributed by atoms with Crippen molar-refractivity contribution in [2.45, 2.75) is 18.8 Å². The summed E-state index contributed by atoms with van der Waals surface area (Å²) in [6.45, 7) is 1.77. The summed E-state index contributed by atoms with van der Waals surface area (Å²) in [5.74, 6) is 2.36. The lowest BCUT2D eigenvalue weighted by atomic mass is 9.98. The van der Waals surface area contributed by atoms with Gasteiger partial charge in [-0.3, -0.25) is 4.98 Å². The minimum Gasteiger partial charge on any atom is -0.355 e. The van der Waals surface area contributed by atoms with E-state index >= 15 is 0 Å². The van der Waals surface area contributed by atoms with Gasteiger partial charge in [-0.25, -0.2) is 4.98 Å². The van der Waals surface area contributed by atoms with Gasteiger partial charge in [-0.2, -0.15) is 4.98 Å². The van der Waals surface area contributed by atoms with Crippen LogP contribution < -0.4 is 4.90 Å². The van der Waals surface area contributed by atoms with Crippen molar-refractivity contribution >= 4 is 17.4 Å². The van der Waals surface area contributed by atoms with Gasteiger partial charge in [-0.1, -0.05) is 16.8 Å². The Hall–Kier alpha value is -2.47. The first-order chi connectivity index (χ1) is 11.8. The monoisotopic (exact) mass is 341 g/mol. The highest BCUT2D eigenvalue weighted by molar-refractivity contribution is 6.30. The molecule has 4 rings (SSSR count). The summed E-state index contributed by atoms with van der Waals surface area (Å²) >= 11 is 5.92. The molecule has 7 heteroatoms. The molecule has 1 aliphatic rings. The first kappa shape index (κ1) is 15.1. The number of nitrogens with zero attached hydrogens (tertiary/aromatic N) is 5. The van der Waals surface area contributed by atoms with Crippen molar-refractivity contribution < 1.29 is 4.52 Å². The Morgan fingerprint density at radius 3 is 2.83 bits per heavy atom. The number of aromatic nitrogens is 4. The van der Waals surface area contributed by atoms with Crippen LogP contribution in [-0.4, -0.2) is 33.2 Å². The van der Waals surface area contributed by atoms with Crippen LogP contribution in [-0.2, 0) is 0 Å². The highest BCUT2D eigenvalue weighted by atomic mass is 35.5. The fourth-order valence-electron chi connectivity index (χ4n) is 2.96. The van der Waals surface area contributed by atoms with E-state index in [-0.39, 0.29) is 5.92 Å². The molecule has 0 unspecified atom stereocenters. The lowest BCUT2D eigenvalue weighted by molar-refractivity contribution is 0.333. The third-order valence-corrected chi connectivity index (χ3v) is 4.44. The van der Waals surface area contributed by atoms with Gasteiger partial charge in [-0.15, -0.1) is 0 Å². The van der Waals surface area contributed by atoms with E-state index in [2.05, 4.69) is 25.0 Å². The Bertz CT molecular complexity index is 805. The van der Waals surface area contributed by atoms with Gasteiger partial charge in [0.05, 0.1) is 12.1 Å². The van der Waals surface area contributed by atoms with Gasteiger partial charge in [-0.05, 0) is 37.1 Å². The van der Waals surface area contributed by atoms with E-state index in [1.54, 1.807) is 18.6 Å². The summed E-state index contributed by atoms with van der Waals surface area (Å²) in [4.78, 5) is 15.3. The zero-order valence-corrected chi connectivity index (χ0v) is 13.7. The third kappa shape index (κ3) is 3.10. The maximum atomic E-state index is 5.92. The van der Waals surface area contributed by atoms with Gasteiger partial charge in [0.1, 0.15) is 5.82 Å². The number of hydrogen-bond acceptors (Lipinski definition) is 6. The van der Waals surface area contributed by atoms with E-state index in [1.807, 2.05) is 24.3 Å². The van der Waals surface area contributed by atoms with Crippen LogP contribution in [0.25, 0.3) is 11.4 Å². The molecule has 6 nitrogen and oxygen atoms in total. The van der Waals surface area contributed by atoms with Crippen LogP contribution >= 0.6 is 11.6 Å². The first-order valence-electron chi connectivity index (χ1n) is 7.90. The Labute approximate surface area is 144 Å². The zero-order valence-electron chi connectivity index (χ0n) is 13.0. The number of rotatable bonds is 3. The van der Waals surface area contributed by atoms with Crippen LogP contribution in [0.1, 0.15) is 24.7 Å². The zero-order chi connectivity index (χ0) is 16.4. The van der Waals surface area contributed by atoms with E-state index in [9.17, 15) is 0 Å². The van der Waals surface area contributed by atoms with Gasteiger partial charge in [0.15, 0.2) is 0 Å². The summed E-state index contributed by atoms with van der Waals surface area (Å²) in [7, 11) is 0. The molecule has 3 heterocycles. The second kappa shape index (κ2) is 6.57. The number of hydrogen-bond donors (Lipinski definition) is 0. The maximum Gasteiger partial charge on any atom is 0.231 e. The smallest absolute Gasteiger partial charge is 0.231 e. The summed E-state index contributed by atoms with van der Waals surface area (Å²) < 4.78 is 5.52. The van der Waals surface area contributed by atoms with Crippen LogP contribution in [0.4, 0.5) is 5.82 Å². The Morgan fingerprint density at radius 1 is 1.17 bits per heavy atom. The summed E-state index contributed by atoms with van der Waals surface area (Å²) in [6.07, 6.45) is 7.26. The van der Waals surface area contributed by atoms with Crippen molar-refractivity contribution in [2.75, 3.05) is 18.0 Å². The second-order valence-electron chi connectivity index (χ2n) is 5.81. The van der Waals surface area contributed by atoms with Gasteiger partial charge < -0.3 is 9.42 Å². The molecule has 0 radical (unpaired) electrons. The Morgan fingerprint density at radius 2 is 2.04 bits per heavy atom. The molecule has 1 atom stereocenters. The molecule has 0 amide bonds. The van der Waals surface area contributed by atoms with E-state index in [1.165, 1.54) is 0 Å². The second-order valence-corrected chi connectivity index (χ2v) is 6.25. The average molecular weight is 342 g/mol. The van der Waals surface area contributed by atoms with Gasteiger partial charge >= 0.3 is 0 Å². The van der Waals surface area contributed by atoms with Crippen molar-refractivity contribution in [3.8, 4) is 11.4 Å². The SMILES string of the molecule is Clc1ccc(-c2noc([C@@H]3CCCN(c4cnccn4)C3)n2)cc1. The summed E-state index contributed by atoms with van der Waals surface area (Å²) in [6, 6.07) is 7.43. The molecule has 1 fully saturated rings. The quantitative estimate of drug-likeness (QED) is 0.725. The highest BCUT2D eigenvalue weighted by Gasteiger charge is 2.27. The molecule has 1 saturated heterocycles. The van der Waals surface area contributed by atoms with Crippen LogP contribution in [0, 0.1) is 0 Å². The predicted octanol–water partition coefficient (Wildman–Crippen LogP) is 3.56. The number of piperidine rings is 1. The summed E-state index contributed by atoms with van der Waals surface area (Å²) in [5.41, 5.74) is 0.899. The molecule has 0 saturated carbocycles. The van der Waals surface area contributed by atoms with Crippen LogP contribution in [0.3, 0.4) is 0 Å². The van der Waals surface area contributed by atoms with E-state index in [0.717, 1.165) is 37.3 Å². The van der Waals surface area contributed by atoms with Crippen molar-refractivity contribution in [3.05, 3.63) is 53.8 Å². The molecule has 1 aliphatic heterocycles. The number of anilines is 1. The van der Waals surface area contributed by atoms with Gasteiger partial charge in [0, 0.05) is 36.1 Å². The number of halogens is 1. The molecule has 24 heavy (non-hydrogen) atoms. The van der Waals surface area contributed by atoms with Crippen molar-refractivity contribution in [3.63, 3.8) is 0 Å². The summed E-state index contributed by atoms with van der Waals surface area (Å²) in [5, 5.41) is 4.80. The van der Waals surface area contributed by atoms with Crippen molar-refractivity contribution in [1.82, 2.24) is 20.1 Å². The molecular formula is C17H16ClN5O. The normalized spacial score (nSPS) is 17.9. The molecular weight excluding hydrogens is 326 g/mol. The number of benzene rings is 1. The standard InChI is InChI=1S/C17H16ClN5O/c18-14-5-3-12(4-6-14)16-21-17(24-22-16)13-2-1-9-23(11-13)15-10-19-7-8-20-15/h3-8,10,13H,1-2,9,11H2/t13-/m1/s1. The largest absolute Gasteiger partial charge is 0.355 e. The fraction of sp³-hybridized carbons (Fsp3) is 0.294. The van der Waals surface area contributed by atoms with Gasteiger partial charge in [0.25, 0.3) is 0 Å². The lowest BCUT2D eigenvalue weighted by Gasteiger charge is -2.31. The van der Waals surface area contributed by atoms with Crippen molar-refractivity contribution in [1.29, 1.82) is 0 Å². The average Bonchev–Trinajstić information content (AvgIpc) is 3.13. The Kier molecular flexibility index (Phi) is 4.13. The van der Waals surface area contributed by atoms with Gasteiger partial charge in [0.2, 0.25) is 11.7 Å². The topological polar surface area (TPSA) is 67.9 Å². The fourth-order valence-corrected chi connectivity index (χ4v) is 3.08. The third-order valence-electron chi connectivity index (χ3n) is 4.19. The maximum absolute atomic E-state index is 5.92. The van der Waals surface area contributed by atoms with E-state index in [4.69, 9.17) is 16.1 Å². The predicted molar refractivity (Wildman–Crippen MR) is 91.0 cm³/mol. The highest BCUT2D eigenvalue weighted by Crippen LogP contribution is 2.29. The van der Waals surface area contributed by atoms with E-state index in [0.29, 0.717) is 16.7 Å². The molecule has 0 aliphatic carbocycles. The molecule has 2 aromatic heterocycles. The molecule has 0 N–H and O–H groups in total. The molecule has 0 bridgehead atoms. The first-order valence-corrected chi connectivity index (χ1v) is 8.28. The molecule has 3 aromatic rings. The lowest BCUT2D eigenvalue weighted by Crippen LogP contribution is -2.35.